The molecule has 2 aromatic carbocycles. The van der Waals surface area contributed by atoms with E-state index in [1.165, 1.54) is 0 Å². The Kier molecular flexibility index (Phi) is 7.21. The summed E-state index contributed by atoms with van der Waals surface area (Å²) in [6.45, 7) is 4.38. The van der Waals surface area contributed by atoms with Gasteiger partial charge >= 0.3 is 5.97 Å². The number of carbonyl (C=O) groups is 2. The number of anilines is 1. The predicted octanol–water partition coefficient (Wildman–Crippen LogP) is 4.23. The number of benzene rings is 2. The van der Waals surface area contributed by atoms with Crippen LogP contribution >= 0.6 is 0 Å². The zero-order valence-corrected chi connectivity index (χ0v) is 15.2. The van der Waals surface area contributed by atoms with E-state index in [9.17, 15) is 9.59 Å². The molecule has 0 aromatic heterocycles. The van der Waals surface area contributed by atoms with Crippen LogP contribution in [0.5, 0.6) is 5.75 Å². The van der Waals surface area contributed by atoms with Crippen LogP contribution in [0.25, 0.3) is 0 Å². The van der Waals surface area contributed by atoms with Gasteiger partial charge in [0.05, 0.1) is 12.5 Å². The molecule has 0 aliphatic rings. The summed E-state index contributed by atoms with van der Waals surface area (Å²) in [6.07, 6.45) is 1.95. The zero-order chi connectivity index (χ0) is 18.9. The van der Waals surface area contributed by atoms with Crippen molar-refractivity contribution in [1.29, 1.82) is 0 Å². The lowest BCUT2D eigenvalue weighted by atomic mass is 10.0. The van der Waals surface area contributed by atoms with Crippen molar-refractivity contribution in [2.24, 2.45) is 0 Å². The molecule has 5 nitrogen and oxygen atoms in total. The molecule has 2 N–H and O–H groups in total. The van der Waals surface area contributed by atoms with Crippen molar-refractivity contribution in [2.45, 2.75) is 39.0 Å². The Balaban J connectivity index is 1.87. The molecular formula is C21H25NO4. The molecule has 0 fully saturated rings. The molecule has 0 aliphatic heterocycles. The largest absolute Gasteiger partial charge is 0.494 e. The molecule has 0 aliphatic carbocycles. The fourth-order valence-electron chi connectivity index (χ4n) is 2.48. The highest BCUT2D eigenvalue weighted by atomic mass is 16.5. The molecule has 26 heavy (non-hydrogen) atoms. The van der Waals surface area contributed by atoms with E-state index in [1.807, 2.05) is 24.3 Å². The van der Waals surface area contributed by atoms with Crippen LogP contribution in [0.1, 0.15) is 43.7 Å². The lowest BCUT2D eigenvalue weighted by Crippen LogP contribution is -2.13. The second kappa shape index (κ2) is 9.61. The molecule has 0 radical (unpaired) electrons. The van der Waals surface area contributed by atoms with E-state index in [4.69, 9.17) is 9.84 Å². The topological polar surface area (TPSA) is 75.6 Å². The van der Waals surface area contributed by atoms with E-state index < -0.39 is 11.9 Å². The van der Waals surface area contributed by atoms with Gasteiger partial charge in [-0.25, -0.2) is 0 Å². The monoisotopic (exact) mass is 355 g/mol. The third-order valence-electron chi connectivity index (χ3n) is 4.08. The molecule has 0 saturated carbocycles. The van der Waals surface area contributed by atoms with Gasteiger partial charge in [-0.2, -0.15) is 0 Å². The number of ether oxygens (including phenoxy) is 1. The Morgan fingerprint density at radius 3 is 2.54 bits per heavy atom. The van der Waals surface area contributed by atoms with Crippen molar-refractivity contribution in [3.63, 3.8) is 0 Å². The quantitative estimate of drug-likeness (QED) is 0.706. The molecular weight excluding hydrogens is 330 g/mol. The van der Waals surface area contributed by atoms with E-state index in [2.05, 4.69) is 12.2 Å². The highest BCUT2D eigenvalue weighted by Gasteiger charge is 2.14. The van der Waals surface area contributed by atoms with Gasteiger partial charge in [-0.15, -0.1) is 0 Å². The minimum Gasteiger partial charge on any atom is -0.494 e. The van der Waals surface area contributed by atoms with Crippen molar-refractivity contribution < 1.29 is 19.4 Å². The molecule has 1 amide bonds. The molecule has 0 spiro atoms. The molecule has 0 saturated heterocycles. The zero-order valence-electron chi connectivity index (χ0n) is 15.2. The van der Waals surface area contributed by atoms with Crippen LogP contribution in [0.3, 0.4) is 0 Å². The van der Waals surface area contributed by atoms with Crippen molar-refractivity contribution in [2.75, 3.05) is 11.9 Å². The first-order valence-corrected chi connectivity index (χ1v) is 8.84. The Hall–Kier alpha value is -2.82. The summed E-state index contributed by atoms with van der Waals surface area (Å²) in [6, 6.07) is 14.7. The maximum Gasteiger partial charge on any atom is 0.310 e. The van der Waals surface area contributed by atoms with Crippen LogP contribution in [0.4, 0.5) is 5.69 Å². The summed E-state index contributed by atoms with van der Waals surface area (Å²) in [7, 11) is 0. The number of aryl methyl sites for hydroxylation is 1. The van der Waals surface area contributed by atoms with E-state index in [0.29, 0.717) is 30.7 Å². The van der Waals surface area contributed by atoms with Crippen molar-refractivity contribution in [3.05, 3.63) is 59.7 Å². The summed E-state index contributed by atoms with van der Waals surface area (Å²) in [4.78, 5) is 23.2. The standard InChI is InChI=1S/C21H25NO4/c1-3-13-26-19-10-7-16(8-11-19)9-12-20(23)22-18-6-4-5-17(14-18)15(2)21(24)25/h4-8,10-11,14-15H,3,9,12-13H2,1-2H3,(H,22,23)(H,24,25). The summed E-state index contributed by atoms with van der Waals surface area (Å²) in [5.41, 5.74) is 2.35. The molecule has 5 heteroatoms. The maximum absolute atomic E-state index is 12.2. The number of carbonyl (C=O) groups excluding carboxylic acids is 1. The summed E-state index contributed by atoms with van der Waals surface area (Å²) < 4.78 is 5.54. The first-order chi connectivity index (χ1) is 12.5. The molecule has 1 atom stereocenters. The number of hydrogen-bond acceptors (Lipinski definition) is 3. The van der Waals surface area contributed by atoms with Gasteiger partial charge < -0.3 is 15.2 Å². The van der Waals surface area contributed by atoms with E-state index in [-0.39, 0.29) is 5.91 Å². The number of nitrogens with one attached hydrogen (secondary N) is 1. The predicted molar refractivity (Wildman–Crippen MR) is 102 cm³/mol. The van der Waals surface area contributed by atoms with Crippen LogP contribution in [0.2, 0.25) is 0 Å². The van der Waals surface area contributed by atoms with Crippen molar-refractivity contribution >= 4 is 17.6 Å². The minimum absolute atomic E-state index is 0.101. The number of rotatable bonds is 9. The SMILES string of the molecule is CCCOc1ccc(CCC(=O)Nc2cccc(C(C)C(=O)O)c2)cc1. The Labute approximate surface area is 154 Å². The second-order valence-electron chi connectivity index (χ2n) is 6.23. The van der Waals surface area contributed by atoms with Gasteiger partial charge in [0.1, 0.15) is 5.75 Å². The number of carboxylic acid groups (broad SMARTS) is 1. The molecule has 2 rings (SSSR count). The molecule has 1 unspecified atom stereocenters. The van der Waals surface area contributed by atoms with Gasteiger partial charge in [-0.05, 0) is 55.2 Å². The highest BCUT2D eigenvalue weighted by Crippen LogP contribution is 2.20. The van der Waals surface area contributed by atoms with Crippen molar-refractivity contribution in [1.82, 2.24) is 0 Å². The molecule has 138 valence electrons. The van der Waals surface area contributed by atoms with Gasteiger partial charge in [-0.3, -0.25) is 9.59 Å². The first-order valence-electron chi connectivity index (χ1n) is 8.84. The van der Waals surface area contributed by atoms with Crippen LogP contribution in [0, 0.1) is 0 Å². The normalized spacial score (nSPS) is 11.6. The maximum atomic E-state index is 12.2. The Bertz CT molecular complexity index is 740. The third kappa shape index (κ3) is 5.92. The van der Waals surface area contributed by atoms with E-state index in [1.54, 1.807) is 31.2 Å². The second-order valence-corrected chi connectivity index (χ2v) is 6.23. The van der Waals surface area contributed by atoms with Gasteiger partial charge in [0.15, 0.2) is 0 Å². The highest BCUT2D eigenvalue weighted by molar-refractivity contribution is 5.91. The first kappa shape index (κ1) is 19.5. The van der Waals surface area contributed by atoms with Crippen LogP contribution < -0.4 is 10.1 Å². The Morgan fingerprint density at radius 1 is 1.15 bits per heavy atom. The van der Waals surface area contributed by atoms with E-state index in [0.717, 1.165) is 17.7 Å². The summed E-state index contributed by atoms with van der Waals surface area (Å²) in [5, 5.41) is 11.9. The van der Waals surface area contributed by atoms with E-state index >= 15 is 0 Å². The van der Waals surface area contributed by atoms with Crippen LogP contribution in [-0.2, 0) is 16.0 Å². The van der Waals surface area contributed by atoms with Gasteiger partial charge in [0.2, 0.25) is 5.91 Å². The lowest BCUT2D eigenvalue weighted by molar-refractivity contribution is -0.138. The van der Waals surface area contributed by atoms with Crippen molar-refractivity contribution in [3.8, 4) is 5.75 Å². The van der Waals surface area contributed by atoms with Gasteiger partial charge in [0, 0.05) is 12.1 Å². The number of hydrogen-bond donors (Lipinski definition) is 2. The smallest absolute Gasteiger partial charge is 0.310 e. The minimum atomic E-state index is -0.889. The summed E-state index contributed by atoms with van der Waals surface area (Å²) >= 11 is 0. The number of amides is 1. The molecule has 2 aromatic rings. The Morgan fingerprint density at radius 2 is 1.88 bits per heavy atom. The average Bonchev–Trinajstić information content (AvgIpc) is 2.65. The fourth-order valence-corrected chi connectivity index (χ4v) is 2.48. The van der Waals surface area contributed by atoms with Crippen LogP contribution in [-0.4, -0.2) is 23.6 Å². The third-order valence-corrected chi connectivity index (χ3v) is 4.08. The molecule has 0 bridgehead atoms. The fraction of sp³-hybridized carbons (Fsp3) is 0.333. The van der Waals surface area contributed by atoms with Gasteiger partial charge in [0.25, 0.3) is 0 Å². The number of carboxylic acids is 1. The average molecular weight is 355 g/mol. The van der Waals surface area contributed by atoms with Gasteiger partial charge in [-0.1, -0.05) is 31.2 Å². The number of aliphatic carboxylic acids is 1. The van der Waals surface area contributed by atoms with Crippen LogP contribution in [0.15, 0.2) is 48.5 Å². The molecule has 0 heterocycles. The lowest BCUT2D eigenvalue weighted by Gasteiger charge is -2.10. The summed E-state index contributed by atoms with van der Waals surface area (Å²) in [5.74, 6) is -0.763.